The van der Waals surface area contributed by atoms with Gasteiger partial charge in [0.2, 0.25) is 5.95 Å². The van der Waals surface area contributed by atoms with Crippen LogP contribution in [-0.2, 0) is 6.61 Å². The second kappa shape index (κ2) is 8.70. The summed E-state index contributed by atoms with van der Waals surface area (Å²) in [6, 6.07) is 4.90. The molecule has 1 saturated heterocycles. The highest BCUT2D eigenvalue weighted by Gasteiger charge is 2.18. The van der Waals surface area contributed by atoms with Gasteiger partial charge in [-0.25, -0.2) is 24.3 Å². The molecule has 1 aliphatic heterocycles. The number of hydrogen-bond acceptors (Lipinski definition) is 8. The van der Waals surface area contributed by atoms with Crippen LogP contribution >= 0.6 is 0 Å². The first-order valence-electron chi connectivity index (χ1n) is 9.18. The van der Waals surface area contributed by atoms with E-state index in [2.05, 4.69) is 30.0 Å². The SMILES string of the molecule is OCc1cccc(-c2cnc(N3CCC(=NOc4cncnc4)CC3)nc2)c1F. The van der Waals surface area contributed by atoms with Crippen LogP contribution in [0.5, 0.6) is 5.75 Å². The third-order valence-electron chi connectivity index (χ3n) is 4.64. The standard InChI is InChI=1S/C20H19FN6O2/c21-19-14(12-28)2-1-3-18(19)15-8-24-20(25-9-15)27-6-4-16(5-7-27)26-29-17-10-22-13-23-11-17/h1-3,8-11,13,28H,4-7,12H2. The van der Waals surface area contributed by atoms with Crippen LogP contribution in [0.3, 0.4) is 0 Å². The summed E-state index contributed by atoms with van der Waals surface area (Å²) in [6.45, 7) is 1.07. The Kier molecular flexibility index (Phi) is 5.66. The molecular weight excluding hydrogens is 375 g/mol. The minimum atomic E-state index is -0.450. The Balaban J connectivity index is 1.39. The number of benzene rings is 1. The highest BCUT2D eigenvalue weighted by atomic mass is 19.1. The van der Waals surface area contributed by atoms with Crippen LogP contribution in [0.1, 0.15) is 18.4 Å². The van der Waals surface area contributed by atoms with Crippen LogP contribution in [0.4, 0.5) is 10.3 Å². The molecule has 0 radical (unpaired) electrons. The second-order valence-corrected chi connectivity index (χ2v) is 6.52. The van der Waals surface area contributed by atoms with Gasteiger partial charge in [-0.2, -0.15) is 0 Å². The minimum absolute atomic E-state index is 0.249. The Bertz CT molecular complexity index is 988. The summed E-state index contributed by atoms with van der Waals surface area (Å²) in [7, 11) is 0. The molecule has 1 fully saturated rings. The molecule has 4 rings (SSSR count). The molecule has 3 heterocycles. The molecule has 3 aromatic rings. The summed E-state index contributed by atoms with van der Waals surface area (Å²) in [6.07, 6.45) is 9.20. The average Bonchev–Trinajstić information content (AvgIpc) is 2.79. The van der Waals surface area contributed by atoms with Gasteiger partial charge in [-0.1, -0.05) is 23.4 Å². The second-order valence-electron chi connectivity index (χ2n) is 6.52. The van der Waals surface area contributed by atoms with Gasteiger partial charge in [0.25, 0.3) is 0 Å². The van der Waals surface area contributed by atoms with E-state index in [-0.39, 0.29) is 12.2 Å². The fourth-order valence-corrected chi connectivity index (χ4v) is 3.05. The van der Waals surface area contributed by atoms with Crippen molar-refractivity contribution in [2.24, 2.45) is 5.16 Å². The van der Waals surface area contributed by atoms with Crippen LogP contribution in [0.25, 0.3) is 11.1 Å². The number of nitrogens with zero attached hydrogens (tertiary/aromatic N) is 6. The van der Waals surface area contributed by atoms with Crippen molar-refractivity contribution in [3.8, 4) is 16.9 Å². The fourth-order valence-electron chi connectivity index (χ4n) is 3.05. The number of rotatable bonds is 5. The highest BCUT2D eigenvalue weighted by molar-refractivity contribution is 5.86. The summed E-state index contributed by atoms with van der Waals surface area (Å²) >= 11 is 0. The van der Waals surface area contributed by atoms with Gasteiger partial charge >= 0.3 is 0 Å². The summed E-state index contributed by atoms with van der Waals surface area (Å²) in [5, 5.41) is 13.4. The molecule has 9 heteroatoms. The van der Waals surface area contributed by atoms with Crippen molar-refractivity contribution >= 4 is 11.7 Å². The molecule has 0 saturated carbocycles. The number of piperidine rings is 1. The number of aliphatic hydroxyl groups is 1. The molecular formula is C20H19FN6O2. The molecule has 0 bridgehead atoms. The molecule has 0 amide bonds. The lowest BCUT2D eigenvalue weighted by Crippen LogP contribution is -2.35. The van der Waals surface area contributed by atoms with Crippen molar-refractivity contribution in [2.75, 3.05) is 18.0 Å². The van der Waals surface area contributed by atoms with Crippen LogP contribution in [0, 0.1) is 5.82 Å². The van der Waals surface area contributed by atoms with Crippen molar-refractivity contribution in [3.05, 3.63) is 60.7 Å². The highest BCUT2D eigenvalue weighted by Crippen LogP contribution is 2.25. The first-order valence-corrected chi connectivity index (χ1v) is 9.18. The maximum absolute atomic E-state index is 14.4. The van der Waals surface area contributed by atoms with E-state index in [0.29, 0.717) is 35.9 Å². The number of oxime groups is 1. The number of aromatic nitrogens is 4. The molecule has 0 unspecified atom stereocenters. The van der Waals surface area contributed by atoms with Crippen molar-refractivity contribution in [1.82, 2.24) is 19.9 Å². The van der Waals surface area contributed by atoms with Crippen molar-refractivity contribution < 1.29 is 14.3 Å². The fraction of sp³-hybridized carbons (Fsp3) is 0.250. The normalized spacial score (nSPS) is 14.0. The van der Waals surface area contributed by atoms with Crippen molar-refractivity contribution in [1.29, 1.82) is 0 Å². The van der Waals surface area contributed by atoms with E-state index >= 15 is 0 Å². The molecule has 0 spiro atoms. The molecule has 8 nitrogen and oxygen atoms in total. The van der Waals surface area contributed by atoms with E-state index in [0.717, 1.165) is 18.6 Å². The summed E-state index contributed by atoms with van der Waals surface area (Å²) in [4.78, 5) is 23.9. The van der Waals surface area contributed by atoms with E-state index in [1.165, 1.54) is 6.33 Å². The van der Waals surface area contributed by atoms with Crippen LogP contribution in [0.2, 0.25) is 0 Å². The lowest BCUT2D eigenvalue weighted by atomic mass is 10.1. The van der Waals surface area contributed by atoms with E-state index < -0.39 is 5.82 Å². The molecule has 29 heavy (non-hydrogen) atoms. The Morgan fingerprint density at radius 3 is 2.48 bits per heavy atom. The predicted octanol–water partition coefficient (Wildman–Crippen LogP) is 2.60. The van der Waals surface area contributed by atoms with Gasteiger partial charge in [0, 0.05) is 55.0 Å². The average molecular weight is 394 g/mol. The monoisotopic (exact) mass is 394 g/mol. The zero-order valence-corrected chi connectivity index (χ0v) is 15.6. The van der Waals surface area contributed by atoms with Crippen LogP contribution in [0.15, 0.2) is 54.5 Å². The van der Waals surface area contributed by atoms with E-state index in [4.69, 9.17) is 4.84 Å². The molecule has 1 aromatic carbocycles. The molecule has 0 atom stereocenters. The lowest BCUT2D eigenvalue weighted by Gasteiger charge is -2.27. The summed E-state index contributed by atoms with van der Waals surface area (Å²) in [5.41, 5.74) is 2.14. The zero-order chi connectivity index (χ0) is 20.1. The Hall–Kier alpha value is -3.46. The predicted molar refractivity (Wildman–Crippen MR) is 105 cm³/mol. The molecule has 1 N–H and O–H groups in total. The maximum atomic E-state index is 14.4. The Labute approximate surface area is 166 Å². The van der Waals surface area contributed by atoms with Gasteiger partial charge in [0.1, 0.15) is 12.1 Å². The van der Waals surface area contributed by atoms with Gasteiger partial charge in [0.15, 0.2) is 5.75 Å². The number of anilines is 1. The topological polar surface area (TPSA) is 96.6 Å². The first kappa shape index (κ1) is 18.9. The van der Waals surface area contributed by atoms with Crippen molar-refractivity contribution in [2.45, 2.75) is 19.4 Å². The Morgan fingerprint density at radius 2 is 1.79 bits per heavy atom. The summed E-state index contributed by atoms with van der Waals surface area (Å²) < 4.78 is 14.4. The quantitative estimate of drug-likeness (QED) is 0.665. The maximum Gasteiger partial charge on any atom is 0.225 e. The van der Waals surface area contributed by atoms with Gasteiger partial charge < -0.3 is 14.8 Å². The van der Waals surface area contributed by atoms with E-state index in [9.17, 15) is 9.50 Å². The number of hydrogen-bond donors (Lipinski definition) is 1. The third kappa shape index (κ3) is 4.35. The largest absolute Gasteiger partial charge is 0.392 e. The first-order chi connectivity index (χ1) is 14.2. The lowest BCUT2D eigenvalue weighted by molar-refractivity contribution is 0.276. The molecule has 148 valence electrons. The van der Waals surface area contributed by atoms with E-state index in [1.54, 1.807) is 43.0 Å². The third-order valence-corrected chi connectivity index (χ3v) is 4.64. The summed E-state index contributed by atoms with van der Waals surface area (Å²) in [5.74, 6) is 0.636. The Morgan fingerprint density at radius 1 is 1.07 bits per heavy atom. The van der Waals surface area contributed by atoms with Gasteiger partial charge in [-0.15, -0.1) is 0 Å². The molecule has 1 aliphatic rings. The van der Waals surface area contributed by atoms with Crippen LogP contribution < -0.4 is 9.74 Å². The molecule has 2 aromatic heterocycles. The van der Waals surface area contributed by atoms with Crippen LogP contribution in [-0.4, -0.2) is 43.8 Å². The van der Waals surface area contributed by atoms with Crippen molar-refractivity contribution in [3.63, 3.8) is 0 Å². The van der Waals surface area contributed by atoms with Gasteiger partial charge in [-0.3, -0.25) is 0 Å². The minimum Gasteiger partial charge on any atom is -0.392 e. The van der Waals surface area contributed by atoms with Gasteiger partial charge in [-0.05, 0) is 0 Å². The number of aliphatic hydroxyl groups excluding tert-OH is 1. The smallest absolute Gasteiger partial charge is 0.225 e. The zero-order valence-electron chi connectivity index (χ0n) is 15.6. The molecule has 0 aliphatic carbocycles. The number of halogens is 1. The van der Waals surface area contributed by atoms with Gasteiger partial charge in [0.05, 0.1) is 24.7 Å². The van der Waals surface area contributed by atoms with E-state index in [1.807, 2.05) is 0 Å².